The number of aromatic nitrogens is 2. The van der Waals surface area contributed by atoms with Gasteiger partial charge in [-0.25, -0.2) is 0 Å². The number of carbonyl (C=O) groups is 3. The highest BCUT2D eigenvalue weighted by molar-refractivity contribution is 6.38. The van der Waals surface area contributed by atoms with Gasteiger partial charge in [-0.15, -0.1) is 0 Å². The average Bonchev–Trinajstić information content (AvgIpc) is 3.13. The van der Waals surface area contributed by atoms with Crippen molar-refractivity contribution in [3.63, 3.8) is 0 Å². The molecule has 8 heteroatoms. The van der Waals surface area contributed by atoms with Gasteiger partial charge in [0, 0.05) is 6.20 Å². The number of Topliss-reactive ketones (excluding diaryl/α,β-unsaturated/α-hetero) is 1. The van der Waals surface area contributed by atoms with E-state index >= 15 is 0 Å². The maximum Gasteiger partial charge on any atom is 0.291 e. The van der Waals surface area contributed by atoms with Crippen LogP contribution in [0.1, 0.15) is 28.2 Å². The summed E-state index contributed by atoms with van der Waals surface area (Å²) in [6.07, 6.45) is 2.28. The maximum atomic E-state index is 12.8. The van der Waals surface area contributed by atoms with Crippen LogP contribution < -0.4 is 11.1 Å². The van der Waals surface area contributed by atoms with E-state index in [2.05, 4.69) is 15.5 Å². The third-order valence-corrected chi connectivity index (χ3v) is 4.42. The zero-order chi connectivity index (χ0) is 20.8. The lowest BCUT2D eigenvalue weighted by molar-refractivity contribution is -0.137. The number of nitrogens with two attached hydrogens (primary N) is 1. The van der Waals surface area contributed by atoms with E-state index in [1.165, 1.54) is 0 Å². The Balaban J connectivity index is 1.82. The Bertz CT molecular complexity index is 1020. The molecule has 0 saturated heterocycles. The molecule has 3 N–H and O–H groups in total. The molecule has 29 heavy (non-hydrogen) atoms. The summed E-state index contributed by atoms with van der Waals surface area (Å²) >= 11 is 0. The number of carbonyl (C=O) groups excluding carboxylic acids is 3. The molecule has 0 spiro atoms. The Kier molecular flexibility index (Phi) is 6.13. The fraction of sp³-hybridized carbons (Fsp3) is 0.190. The van der Waals surface area contributed by atoms with E-state index in [0.717, 1.165) is 5.56 Å². The van der Waals surface area contributed by atoms with Gasteiger partial charge in [-0.2, -0.15) is 0 Å². The van der Waals surface area contributed by atoms with Gasteiger partial charge < -0.3 is 15.6 Å². The third-order valence-electron chi connectivity index (χ3n) is 4.42. The summed E-state index contributed by atoms with van der Waals surface area (Å²) in [6, 6.07) is 13.6. The molecule has 1 unspecified atom stereocenters. The molecular weight excluding hydrogens is 372 g/mol. The number of hydrogen-bond donors (Lipinski definition) is 2. The summed E-state index contributed by atoms with van der Waals surface area (Å²) in [7, 11) is 0. The second-order valence-corrected chi connectivity index (χ2v) is 6.47. The van der Waals surface area contributed by atoms with E-state index in [-0.39, 0.29) is 12.2 Å². The number of ketones is 1. The van der Waals surface area contributed by atoms with E-state index < -0.39 is 23.6 Å². The fourth-order valence-corrected chi connectivity index (χ4v) is 2.96. The van der Waals surface area contributed by atoms with Crippen LogP contribution in [-0.2, 0) is 16.0 Å². The maximum absolute atomic E-state index is 12.8. The molecule has 8 nitrogen and oxygen atoms in total. The second kappa shape index (κ2) is 8.92. The first-order chi connectivity index (χ1) is 14.0. The molecule has 1 aromatic carbocycles. The Morgan fingerprint density at radius 3 is 2.48 bits per heavy atom. The number of aryl methyl sites for hydroxylation is 2. The van der Waals surface area contributed by atoms with Crippen molar-refractivity contribution in [1.29, 1.82) is 0 Å². The number of hydrogen-bond acceptors (Lipinski definition) is 6. The molecule has 3 rings (SSSR count). The molecule has 0 bridgehead atoms. The first kappa shape index (κ1) is 19.9. The van der Waals surface area contributed by atoms with Gasteiger partial charge in [-0.3, -0.25) is 19.4 Å². The smallest absolute Gasteiger partial charge is 0.291 e. The molecular formula is C21H20N4O4. The SMILES string of the molecule is Cc1noc(C(=O)NC(CCc2ccccc2)C(=O)C(N)=O)c1-c1ccccn1. The summed E-state index contributed by atoms with van der Waals surface area (Å²) in [4.78, 5) is 40.7. The molecule has 1 atom stereocenters. The topological polar surface area (TPSA) is 128 Å². The molecule has 3 aromatic rings. The minimum atomic E-state index is -1.11. The highest BCUT2D eigenvalue weighted by atomic mass is 16.5. The molecule has 2 aromatic heterocycles. The molecule has 0 fully saturated rings. The minimum absolute atomic E-state index is 0.0804. The van der Waals surface area contributed by atoms with Crippen molar-refractivity contribution in [2.75, 3.05) is 0 Å². The number of pyridine rings is 1. The van der Waals surface area contributed by atoms with Crippen LogP contribution in [0, 0.1) is 6.92 Å². The Labute approximate surface area is 167 Å². The molecule has 2 heterocycles. The predicted octanol–water partition coefficient (Wildman–Crippen LogP) is 1.83. The van der Waals surface area contributed by atoms with E-state index in [9.17, 15) is 14.4 Å². The highest BCUT2D eigenvalue weighted by Crippen LogP contribution is 2.25. The van der Waals surface area contributed by atoms with Crippen LogP contribution in [0.25, 0.3) is 11.3 Å². The Morgan fingerprint density at radius 1 is 1.10 bits per heavy atom. The number of rotatable bonds is 8. The van der Waals surface area contributed by atoms with Crippen LogP contribution in [0.2, 0.25) is 0 Å². The zero-order valence-electron chi connectivity index (χ0n) is 15.8. The first-order valence-electron chi connectivity index (χ1n) is 9.03. The van der Waals surface area contributed by atoms with Gasteiger partial charge in [0.25, 0.3) is 11.8 Å². The summed E-state index contributed by atoms with van der Waals surface area (Å²) in [5.74, 6) is -2.73. The zero-order valence-corrected chi connectivity index (χ0v) is 15.8. The Hall–Kier alpha value is -3.81. The van der Waals surface area contributed by atoms with Crippen LogP contribution in [0.15, 0.2) is 59.3 Å². The number of primary amides is 1. The van der Waals surface area contributed by atoms with E-state index in [1.54, 1.807) is 31.3 Å². The monoisotopic (exact) mass is 392 g/mol. The first-order valence-corrected chi connectivity index (χ1v) is 9.03. The molecule has 148 valence electrons. The number of amides is 2. The highest BCUT2D eigenvalue weighted by Gasteiger charge is 2.29. The second-order valence-electron chi connectivity index (χ2n) is 6.47. The van der Waals surface area contributed by atoms with Gasteiger partial charge in [-0.05, 0) is 37.5 Å². The van der Waals surface area contributed by atoms with Gasteiger partial charge in [0.2, 0.25) is 11.5 Å². The lowest BCUT2D eigenvalue weighted by Gasteiger charge is -2.15. The quantitative estimate of drug-likeness (QED) is 0.563. The van der Waals surface area contributed by atoms with Gasteiger partial charge >= 0.3 is 0 Å². The van der Waals surface area contributed by atoms with Crippen LogP contribution in [-0.4, -0.2) is 33.8 Å². The van der Waals surface area contributed by atoms with Crippen molar-refractivity contribution < 1.29 is 18.9 Å². The van der Waals surface area contributed by atoms with Crippen molar-refractivity contribution in [1.82, 2.24) is 15.5 Å². The van der Waals surface area contributed by atoms with Crippen LogP contribution in [0.5, 0.6) is 0 Å². The van der Waals surface area contributed by atoms with Crippen molar-refractivity contribution in [3.05, 3.63) is 71.7 Å². The number of nitrogens with one attached hydrogen (secondary N) is 1. The van der Waals surface area contributed by atoms with Crippen molar-refractivity contribution >= 4 is 17.6 Å². The fourth-order valence-electron chi connectivity index (χ4n) is 2.96. The van der Waals surface area contributed by atoms with Crippen molar-refractivity contribution in [3.8, 4) is 11.3 Å². The molecule has 2 amide bonds. The summed E-state index contributed by atoms with van der Waals surface area (Å²) < 4.78 is 5.19. The van der Waals surface area contributed by atoms with Crippen LogP contribution in [0.3, 0.4) is 0 Å². The van der Waals surface area contributed by atoms with Crippen LogP contribution in [0.4, 0.5) is 0 Å². The summed E-state index contributed by atoms with van der Waals surface area (Å²) in [5, 5.41) is 6.40. The lowest BCUT2D eigenvalue weighted by Crippen LogP contribution is -2.46. The normalized spacial score (nSPS) is 11.6. The molecule has 0 aliphatic carbocycles. The molecule has 0 aliphatic heterocycles. The van der Waals surface area contributed by atoms with E-state index in [0.29, 0.717) is 23.4 Å². The van der Waals surface area contributed by atoms with Gasteiger partial charge in [0.1, 0.15) is 0 Å². The summed E-state index contributed by atoms with van der Waals surface area (Å²) in [6.45, 7) is 1.69. The third kappa shape index (κ3) is 4.73. The Morgan fingerprint density at radius 2 is 1.83 bits per heavy atom. The van der Waals surface area contributed by atoms with Crippen molar-refractivity contribution in [2.45, 2.75) is 25.8 Å². The molecule has 0 radical (unpaired) electrons. The standard InChI is InChI=1S/C21H20N4O4/c1-13-17(15-9-5-6-12-23-15)19(29-25-13)21(28)24-16(18(26)20(22)27)11-10-14-7-3-2-4-8-14/h2-9,12,16H,10-11H2,1H3,(H2,22,27)(H,24,28). The lowest BCUT2D eigenvalue weighted by atomic mass is 10.0. The van der Waals surface area contributed by atoms with E-state index in [4.69, 9.17) is 10.3 Å². The largest absolute Gasteiger partial charge is 0.363 e. The number of nitrogens with zero attached hydrogens (tertiary/aromatic N) is 2. The average molecular weight is 392 g/mol. The van der Waals surface area contributed by atoms with Gasteiger partial charge in [0.05, 0.1) is 23.0 Å². The van der Waals surface area contributed by atoms with Crippen molar-refractivity contribution in [2.24, 2.45) is 5.73 Å². The summed E-state index contributed by atoms with van der Waals surface area (Å²) in [5.41, 5.74) is 7.55. The van der Waals surface area contributed by atoms with Crippen LogP contribution >= 0.6 is 0 Å². The molecule has 0 saturated carbocycles. The van der Waals surface area contributed by atoms with Gasteiger partial charge in [0.15, 0.2) is 0 Å². The predicted molar refractivity (Wildman–Crippen MR) is 105 cm³/mol. The molecule has 0 aliphatic rings. The van der Waals surface area contributed by atoms with E-state index in [1.807, 2.05) is 30.3 Å². The minimum Gasteiger partial charge on any atom is -0.363 e. The van der Waals surface area contributed by atoms with Gasteiger partial charge in [-0.1, -0.05) is 41.6 Å². The number of benzene rings is 1.